The van der Waals surface area contributed by atoms with Crippen molar-refractivity contribution in [2.45, 2.75) is 45.8 Å². The molecule has 0 fully saturated rings. The molecule has 0 heterocycles. The van der Waals surface area contributed by atoms with Crippen molar-refractivity contribution in [3.05, 3.63) is 0 Å². The van der Waals surface area contributed by atoms with Gasteiger partial charge in [0.15, 0.2) is 18.1 Å². The van der Waals surface area contributed by atoms with Crippen LogP contribution >= 0.6 is 0 Å². The van der Waals surface area contributed by atoms with Crippen LogP contribution in [-0.2, 0) is 65.9 Å². The summed E-state index contributed by atoms with van der Waals surface area (Å²) in [5.74, 6) is 0. The normalized spacial score (nSPS) is 12.5. The molecule has 1 unspecified atom stereocenters. The first-order valence-electron chi connectivity index (χ1n) is 11.6. The highest BCUT2D eigenvalue weighted by Crippen LogP contribution is 2.07. The van der Waals surface area contributed by atoms with Gasteiger partial charge >= 0.3 is 92.6 Å². The van der Waals surface area contributed by atoms with Gasteiger partial charge < -0.3 is 65.9 Å². The van der Waals surface area contributed by atoms with Gasteiger partial charge in [0.2, 0.25) is 35.0 Å². The van der Waals surface area contributed by atoms with Crippen molar-refractivity contribution in [2.24, 2.45) is 0 Å². The van der Waals surface area contributed by atoms with Gasteiger partial charge in [-0.2, -0.15) is 0 Å². The molecular weight excluding hydrogens is 830 g/mol. The molecule has 0 aliphatic rings. The molecule has 1 atom stereocenters. The Morgan fingerprint density at radius 1 is 0.500 bits per heavy atom. The minimum Gasteiger partial charge on any atom is -0.460 e. The fourth-order valence-electron chi connectivity index (χ4n) is 2.63. The fourth-order valence-corrected chi connectivity index (χ4v) is 175. The predicted octanol–water partition coefficient (Wildman–Crippen LogP) is -6.27. The van der Waals surface area contributed by atoms with Gasteiger partial charge in [-0.3, -0.25) is 0 Å². The van der Waals surface area contributed by atoms with Gasteiger partial charge in [0.1, 0.15) is 0 Å². The first-order valence-corrected chi connectivity index (χ1v) is 57.2. The Bertz CT molecular complexity index is 1200. The zero-order chi connectivity index (χ0) is 31.7. The lowest BCUT2D eigenvalue weighted by Crippen LogP contribution is -2.58. The lowest BCUT2D eigenvalue weighted by Gasteiger charge is -2.21. The van der Waals surface area contributed by atoms with Crippen LogP contribution in [0.3, 0.4) is 0 Å². The molecule has 0 aliphatic carbocycles. The lowest BCUT2D eigenvalue weighted by molar-refractivity contribution is 0.533. The van der Waals surface area contributed by atoms with Crippen molar-refractivity contribution < 1.29 is 65.9 Å². The van der Waals surface area contributed by atoms with Crippen LogP contribution in [0.4, 0.5) is 0 Å². The van der Waals surface area contributed by atoms with E-state index in [0.29, 0.717) is 0 Å². The van der Waals surface area contributed by atoms with E-state index >= 15 is 0 Å². The molecule has 0 saturated carbocycles. The summed E-state index contributed by atoms with van der Waals surface area (Å²) in [7, 11) is -53.6. The molecule has 0 aromatic rings. The minimum absolute atomic E-state index is 1.40. The molecule has 40 heavy (non-hydrogen) atoms. The van der Waals surface area contributed by atoms with Crippen LogP contribution in [0.1, 0.15) is 0 Å². The maximum Gasteiger partial charge on any atom is 0.381 e. The van der Waals surface area contributed by atoms with Gasteiger partial charge in [0, 0.05) is 0 Å². The van der Waals surface area contributed by atoms with Gasteiger partial charge in [-0.1, -0.05) is 0 Å². The highest BCUT2D eigenvalue weighted by molar-refractivity contribution is 7.78. The average Bonchev–Trinajstić information content (AvgIpc) is 2.88. The molecule has 0 spiro atoms. The third kappa shape index (κ3) is 13.2. The molecule has 0 aromatic heterocycles. The summed E-state index contributed by atoms with van der Waals surface area (Å²) in [4.78, 5) is 0. The molecule has 0 rings (SSSR count). The lowest BCUT2D eigenvalue weighted by atomic mass is 11.9. The molecule has 0 N–H and O–H groups in total. The first-order chi connectivity index (χ1) is 18.2. The zero-order valence-electron chi connectivity index (χ0n) is 22.8. The van der Waals surface area contributed by atoms with Gasteiger partial charge in [-0.05, 0) is 45.8 Å². The van der Waals surface area contributed by atoms with Gasteiger partial charge in [-0.25, -0.2) is 0 Å². The topological polar surface area (TPSA) is 233 Å². The summed E-state index contributed by atoms with van der Waals surface area (Å²) in [5.41, 5.74) is 0. The summed E-state index contributed by atoms with van der Waals surface area (Å²) in [6.07, 6.45) is 0. The van der Waals surface area contributed by atoms with E-state index in [9.17, 15) is 53.5 Å². The minimum atomic E-state index is -3.88. The Kier molecular flexibility index (Phi) is 19.7. The number of hydrogen-bond donors (Lipinski definition) is 0. The molecule has 0 aliphatic heterocycles. The Labute approximate surface area is 255 Å². The molecule has 33 heteroatoms. The van der Waals surface area contributed by atoms with Crippen molar-refractivity contribution >= 4 is 146 Å². The third-order valence-electron chi connectivity index (χ3n) is 4.63. The Balaban J connectivity index is 5.23. The standard InChI is InChI=1S/C7H28O15Si18/c1-25(2)20-23-28(8)31(11)30(10)27(5)21-24-29(9)32(12)33(13)34(14)35(15)36(16)37(17)38(18)39(19)40(6,7)22-26(3)4/h25-27H,23-24H2,1-7H3. The van der Waals surface area contributed by atoms with Crippen LogP contribution in [0.15, 0.2) is 0 Å². The smallest absolute Gasteiger partial charge is 0.381 e. The average molecular weight is 858 g/mol. The van der Waals surface area contributed by atoms with E-state index in [1.54, 1.807) is 13.1 Å². The summed E-state index contributed by atoms with van der Waals surface area (Å²) in [6, 6.07) is 0. The number of rotatable bonds is 20. The molecule has 15 nitrogen and oxygen atoms in total. The zero-order valence-corrected chi connectivity index (χ0v) is 42.1. The summed E-state index contributed by atoms with van der Waals surface area (Å²) in [6.45, 7) is 11.7. The second-order valence-electron chi connectivity index (χ2n) is 9.16. The van der Waals surface area contributed by atoms with Crippen molar-refractivity contribution in [3.8, 4) is 0 Å². The van der Waals surface area contributed by atoms with Crippen LogP contribution in [0, 0.1) is 0 Å². The Morgan fingerprint density at radius 2 is 0.875 bits per heavy atom. The fraction of sp³-hybridized carbons (Fsp3) is 1.00. The Hall–Kier alpha value is 1.38. The van der Waals surface area contributed by atoms with Gasteiger partial charge in [-0.15, -0.1) is 0 Å². The van der Waals surface area contributed by atoms with Crippen LogP contribution in [0.2, 0.25) is 45.8 Å². The summed E-state index contributed by atoms with van der Waals surface area (Å²) < 4.78 is 166. The third-order valence-corrected chi connectivity index (χ3v) is 128. The van der Waals surface area contributed by atoms with Crippen molar-refractivity contribution in [1.82, 2.24) is 0 Å². The molecule has 0 amide bonds. The van der Waals surface area contributed by atoms with Crippen molar-refractivity contribution in [2.75, 3.05) is 0 Å². The predicted molar refractivity (Wildman–Crippen MR) is 166 cm³/mol. The molecule has 0 radical (unpaired) electrons. The van der Waals surface area contributed by atoms with E-state index in [2.05, 4.69) is 0 Å². The maximum absolute atomic E-state index is 12.7. The second-order valence-corrected chi connectivity index (χ2v) is 92.2. The first kappa shape index (κ1) is 41.4. The molecule has 0 aromatic carbocycles. The largest absolute Gasteiger partial charge is 0.460 e. The number of hydrogen-bond acceptors (Lipinski definition) is 15. The molecule has 0 bridgehead atoms. The van der Waals surface area contributed by atoms with Gasteiger partial charge in [0.25, 0.3) is 0 Å². The quantitative estimate of drug-likeness (QED) is 0.104. The SMILES string of the molecule is C[SiH](C)O[SiH2][Si](=O)[Si](=O)[Si](=O)[SiH](C)O[SiH2][Si](=O)[Si](=O)[Si](=O)[Si](=O)[Si](=O)[Si](=O)[Si](=O)[Si](=O)[Si](=O)[Si](C)(C)O[SiH](C)C. The highest BCUT2D eigenvalue weighted by atomic mass is 30.1. The second kappa shape index (κ2) is 19.0. The molecular formula is C7H28O15Si18. The summed E-state index contributed by atoms with van der Waals surface area (Å²) in [5, 5.41) is 0. The maximum atomic E-state index is 12.7. The highest BCUT2D eigenvalue weighted by Gasteiger charge is 2.53. The van der Waals surface area contributed by atoms with E-state index in [4.69, 9.17) is 12.3 Å². The van der Waals surface area contributed by atoms with E-state index < -0.39 is 146 Å². The van der Waals surface area contributed by atoms with Crippen molar-refractivity contribution in [1.29, 1.82) is 0 Å². The van der Waals surface area contributed by atoms with Crippen molar-refractivity contribution in [3.63, 3.8) is 0 Å². The van der Waals surface area contributed by atoms with Crippen LogP contribution in [0.5, 0.6) is 0 Å². The monoisotopic (exact) mass is 856 g/mol. The van der Waals surface area contributed by atoms with Crippen LogP contribution in [0.25, 0.3) is 0 Å². The molecule has 0 saturated heterocycles. The van der Waals surface area contributed by atoms with E-state index in [0.717, 1.165) is 0 Å². The van der Waals surface area contributed by atoms with E-state index in [1.165, 1.54) is 19.6 Å². The van der Waals surface area contributed by atoms with E-state index in [-0.39, 0.29) is 0 Å². The van der Waals surface area contributed by atoms with Crippen LogP contribution < -0.4 is 0 Å². The van der Waals surface area contributed by atoms with Crippen LogP contribution in [-0.4, -0.2) is 146 Å². The van der Waals surface area contributed by atoms with E-state index in [1.807, 2.05) is 13.1 Å². The van der Waals surface area contributed by atoms with Gasteiger partial charge in [0.05, 0.1) is 0 Å². The molecule has 218 valence electrons. The summed E-state index contributed by atoms with van der Waals surface area (Å²) >= 11 is 0. The Morgan fingerprint density at radius 3 is 1.30 bits per heavy atom.